The number of rotatable bonds is 5. The van der Waals surface area contributed by atoms with E-state index in [0.29, 0.717) is 17.7 Å². The number of hydrogen-bond donors (Lipinski definition) is 1. The number of nitrogens with one attached hydrogen (secondary N) is 1. The number of carbonyl (C=O) groups is 1. The molecule has 0 saturated heterocycles. The number of benzene rings is 2. The van der Waals surface area contributed by atoms with Gasteiger partial charge < -0.3 is 5.32 Å². The minimum absolute atomic E-state index is 0.0743. The van der Waals surface area contributed by atoms with Crippen LogP contribution in [0.2, 0.25) is 0 Å². The summed E-state index contributed by atoms with van der Waals surface area (Å²) in [6.07, 6.45) is 0.303. The van der Waals surface area contributed by atoms with E-state index in [1.165, 1.54) is 5.56 Å². The van der Waals surface area contributed by atoms with Crippen LogP contribution in [0, 0.1) is 6.92 Å². The third kappa shape index (κ3) is 3.81. The summed E-state index contributed by atoms with van der Waals surface area (Å²) in [7, 11) is 0. The zero-order valence-corrected chi connectivity index (χ0v) is 11.0. The van der Waals surface area contributed by atoms with Crippen LogP contribution in [0.25, 0.3) is 0 Å². The van der Waals surface area contributed by atoms with Gasteiger partial charge in [0, 0.05) is 16.9 Å². The zero-order valence-electron chi connectivity index (χ0n) is 11.0. The first-order valence-corrected chi connectivity index (χ1v) is 6.25. The van der Waals surface area contributed by atoms with E-state index in [2.05, 4.69) is 11.9 Å². The predicted octanol–water partition coefficient (Wildman–Crippen LogP) is 4.19. The number of carbonyl (C=O) groups excluding carboxylic acids is 1. The number of ketones is 1. The second-order valence-electron chi connectivity index (χ2n) is 4.56. The largest absolute Gasteiger partial charge is 0.359 e. The van der Waals surface area contributed by atoms with Crippen LogP contribution in [0.1, 0.15) is 22.3 Å². The normalized spacial score (nSPS) is 9.95. The van der Waals surface area contributed by atoms with Crippen molar-refractivity contribution in [3.63, 3.8) is 0 Å². The third-order valence-electron chi connectivity index (χ3n) is 2.84. The van der Waals surface area contributed by atoms with E-state index in [1.54, 1.807) is 0 Å². The summed E-state index contributed by atoms with van der Waals surface area (Å²) in [5.74, 6) is 0.0743. The molecule has 2 aromatic carbocycles. The van der Waals surface area contributed by atoms with Crippen molar-refractivity contribution in [2.24, 2.45) is 0 Å². The Morgan fingerprint density at radius 2 is 1.68 bits per heavy atom. The Bertz CT molecular complexity index is 570. The van der Waals surface area contributed by atoms with Gasteiger partial charge in [0.15, 0.2) is 5.78 Å². The molecule has 0 aliphatic rings. The molecule has 0 saturated carbocycles. The van der Waals surface area contributed by atoms with Gasteiger partial charge in [-0.3, -0.25) is 4.79 Å². The van der Waals surface area contributed by atoms with E-state index in [0.717, 1.165) is 5.69 Å². The SMILES string of the molecule is C=C(CC(=O)c1ccccc1)Nc1ccc(C)cc1. The lowest BCUT2D eigenvalue weighted by molar-refractivity contribution is 0.0993. The molecule has 0 aliphatic carbocycles. The average molecular weight is 251 g/mol. The highest BCUT2D eigenvalue weighted by atomic mass is 16.1. The smallest absolute Gasteiger partial charge is 0.168 e. The molecule has 2 heteroatoms. The number of anilines is 1. The van der Waals surface area contributed by atoms with E-state index in [4.69, 9.17) is 0 Å². The van der Waals surface area contributed by atoms with E-state index in [1.807, 2.05) is 61.5 Å². The summed E-state index contributed by atoms with van der Waals surface area (Å²) < 4.78 is 0. The van der Waals surface area contributed by atoms with Gasteiger partial charge in [0.2, 0.25) is 0 Å². The highest BCUT2D eigenvalue weighted by Crippen LogP contribution is 2.14. The monoisotopic (exact) mass is 251 g/mol. The van der Waals surface area contributed by atoms with Gasteiger partial charge >= 0.3 is 0 Å². The Balaban J connectivity index is 1.95. The van der Waals surface area contributed by atoms with Crippen molar-refractivity contribution >= 4 is 11.5 Å². The van der Waals surface area contributed by atoms with Gasteiger partial charge in [-0.05, 0) is 19.1 Å². The van der Waals surface area contributed by atoms with Gasteiger partial charge in [-0.1, -0.05) is 54.6 Å². The molecular weight excluding hydrogens is 234 g/mol. The molecule has 0 unspecified atom stereocenters. The molecule has 2 rings (SSSR count). The Kier molecular flexibility index (Phi) is 4.14. The molecular formula is C17H17NO. The first-order chi connectivity index (χ1) is 9.15. The second-order valence-corrected chi connectivity index (χ2v) is 4.56. The summed E-state index contributed by atoms with van der Waals surface area (Å²) in [5.41, 5.74) is 3.58. The fourth-order valence-corrected chi connectivity index (χ4v) is 1.81. The number of Topliss-reactive ketones (excluding diaryl/α,β-unsaturated/α-hetero) is 1. The van der Waals surface area contributed by atoms with E-state index in [-0.39, 0.29) is 5.78 Å². The quantitative estimate of drug-likeness (QED) is 0.807. The van der Waals surface area contributed by atoms with Crippen molar-refractivity contribution in [2.45, 2.75) is 13.3 Å². The second kappa shape index (κ2) is 6.01. The van der Waals surface area contributed by atoms with Crippen LogP contribution >= 0.6 is 0 Å². The van der Waals surface area contributed by atoms with Crippen molar-refractivity contribution in [1.29, 1.82) is 0 Å². The van der Waals surface area contributed by atoms with Crippen molar-refractivity contribution in [3.8, 4) is 0 Å². The molecule has 2 aromatic rings. The Morgan fingerprint density at radius 1 is 1.05 bits per heavy atom. The highest BCUT2D eigenvalue weighted by molar-refractivity contribution is 5.97. The van der Waals surface area contributed by atoms with Gasteiger partial charge in [-0.15, -0.1) is 0 Å². The fraction of sp³-hybridized carbons (Fsp3) is 0.118. The van der Waals surface area contributed by atoms with Gasteiger partial charge in [-0.2, -0.15) is 0 Å². The Morgan fingerprint density at radius 3 is 2.32 bits per heavy atom. The molecule has 0 heterocycles. The lowest BCUT2D eigenvalue weighted by Gasteiger charge is -2.09. The van der Waals surface area contributed by atoms with Crippen molar-refractivity contribution < 1.29 is 4.79 Å². The minimum atomic E-state index is 0.0743. The molecule has 2 nitrogen and oxygen atoms in total. The molecule has 0 spiro atoms. The molecule has 0 bridgehead atoms. The standard InChI is InChI=1S/C17H17NO/c1-13-8-10-16(11-9-13)18-14(2)12-17(19)15-6-4-3-5-7-15/h3-11,18H,2,12H2,1H3. The molecule has 0 aromatic heterocycles. The van der Waals surface area contributed by atoms with Crippen LogP contribution in [0.3, 0.4) is 0 Å². The molecule has 1 N–H and O–H groups in total. The number of allylic oxidation sites excluding steroid dienone is 1. The molecule has 0 atom stereocenters. The minimum Gasteiger partial charge on any atom is -0.359 e. The average Bonchev–Trinajstić information content (AvgIpc) is 2.42. The molecule has 0 radical (unpaired) electrons. The first-order valence-electron chi connectivity index (χ1n) is 6.25. The molecule has 0 fully saturated rings. The molecule has 0 amide bonds. The van der Waals surface area contributed by atoms with Gasteiger partial charge in [0.1, 0.15) is 0 Å². The van der Waals surface area contributed by atoms with Crippen molar-refractivity contribution in [1.82, 2.24) is 0 Å². The van der Waals surface area contributed by atoms with Crippen LogP contribution in [0.4, 0.5) is 5.69 Å². The number of hydrogen-bond acceptors (Lipinski definition) is 2. The number of aryl methyl sites for hydroxylation is 1. The maximum atomic E-state index is 12.0. The third-order valence-corrected chi connectivity index (χ3v) is 2.84. The summed E-state index contributed by atoms with van der Waals surface area (Å²) >= 11 is 0. The van der Waals surface area contributed by atoms with Crippen molar-refractivity contribution in [3.05, 3.63) is 78.0 Å². The lowest BCUT2D eigenvalue weighted by Crippen LogP contribution is -2.06. The summed E-state index contributed by atoms with van der Waals surface area (Å²) in [5, 5.41) is 3.15. The Labute approximate surface area is 113 Å². The topological polar surface area (TPSA) is 29.1 Å². The molecule has 19 heavy (non-hydrogen) atoms. The van der Waals surface area contributed by atoms with E-state index in [9.17, 15) is 4.79 Å². The maximum Gasteiger partial charge on any atom is 0.168 e. The van der Waals surface area contributed by atoms with Crippen LogP contribution in [0.15, 0.2) is 66.9 Å². The Hall–Kier alpha value is -2.35. The van der Waals surface area contributed by atoms with E-state index < -0.39 is 0 Å². The molecule has 96 valence electrons. The first kappa shape index (κ1) is 13.1. The van der Waals surface area contributed by atoms with Crippen LogP contribution in [-0.4, -0.2) is 5.78 Å². The predicted molar refractivity (Wildman–Crippen MR) is 79.3 cm³/mol. The highest BCUT2D eigenvalue weighted by Gasteiger charge is 2.07. The summed E-state index contributed by atoms with van der Waals surface area (Å²) in [6.45, 7) is 5.95. The fourth-order valence-electron chi connectivity index (χ4n) is 1.81. The van der Waals surface area contributed by atoms with E-state index >= 15 is 0 Å². The summed E-state index contributed by atoms with van der Waals surface area (Å²) in [6, 6.07) is 17.3. The lowest BCUT2D eigenvalue weighted by atomic mass is 10.1. The van der Waals surface area contributed by atoms with Crippen LogP contribution < -0.4 is 5.32 Å². The van der Waals surface area contributed by atoms with Gasteiger partial charge in [-0.25, -0.2) is 0 Å². The van der Waals surface area contributed by atoms with Crippen LogP contribution in [-0.2, 0) is 0 Å². The molecule has 0 aliphatic heterocycles. The van der Waals surface area contributed by atoms with Crippen molar-refractivity contribution in [2.75, 3.05) is 5.32 Å². The van der Waals surface area contributed by atoms with Gasteiger partial charge in [0.05, 0.1) is 6.42 Å². The summed E-state index contributed by atoms with van der Waals surface area (Å²) in [4.78, 5) is 12.0. The van der Waals surface area contributed by atoms with Crippen LogP contribution in [0.5, 0.6) is 0 Å². The van der Waals surface area contributed by atoms with Gasteiger partial charge in [0.25, 0.3) is 0 Å². The zero-order chi connectivity index (χ0) is 13.7. The maximum absolute atomic E-state index is 12.0.